The van der Waals surface area contributed by atoms with Gasteiger partial charge < -0.3 is 15.0 Å². The number of thiophene rings is 1. The molecule has 0 radical (unpaired) electrons. The quantitative estimate of drug-likeness (QED) is 0.889. The first-order valence-corrected chi connectivity index (χ1v) is 7.72. The van der Waals surface area contributed by atoms with Gasteiger partial charge >= 0.3 is 0 Å². The van der Waals surface area contributed by atoms with E-state index in [2.05, 4.69) is 5.32 Å². The van der Waals surface area contributed by atoms with E-state index in [9.17, 15) is 9.18 Å². The number of hydrogen-bond acceptors (Lipinski definition) is 4. The molecule has 4 nitrogen and oxygen atoms in total. The van der Waals surface area contributed by atoms with Crippen LogP contribution in [0.4, 0.5) is 4.39 Å². The number of nitrogens with zero attached hydrogens (tertiary/aromatic N) is 1. The standard InChI is InChI=1S/C16H19FN2O2S/c1-19(2)13(15-5-4-8-22-15)10-18-16(20)11-6-7-14(21-3)12(17)9-11/h4-9,13H,10H2,1-3H3,(H,18,20)/t13-/m1/s1. The van der Waals surface area contributed by atoms with Crippen molar-refractivity contribution in [3.63, 3.8) is 0 Å². The molecule has 2 aromatic rings. The summed E-state index contributed by atoms with van der Waals surface area (Å²) in [7, 11) is 5.31. The Morgan fingerprint density at radius 2 is 2.18 bits per heavy atom. The predicted octanol–water partition coefficient (Wildman–Crippen LogP) is 2.93. The van der Waals surface area contributed by atoms with E-state index in [1.165, 1.54) is 24.1 Å². The highest BCUT2D eigenvalue weighted by molar-refractivity contribution is 7.10. The SMILES string of the molecule is COc1ccc(C(=O)NC[C@H](c2cccs2)N(C)C)cc1F. The second-order valence-electron chi connectivity index (χ2n) is 5.05. The Kier molecular flexibility index (Phi) is 5.51. The summed E-state index contributed by atoms with van der Waals surface area (Å²) in [6.07, 6.45) is 0. The van der Waals surface area contributed by atoms with Crippen molar-refractivity contribution < 1.29 is 13.9 Å². The number of carbonyl (C=O) groups is 1. The van der Waals surface area contributed by atoms with Gasteiger partial charge in [0.1, 0.15) is 0 Å². The zero-order chi connectivity index (χ0) is 16.1. The van der Waals surface area contributed by atoms with Crippen LogP contribution < -0.4 is 10.1 Å². The Hall–Kier alpha value is -1.92. The average Bonchev–Trinajstić information content (AvgIpc) is 3.00. The van der Waals surface area contributed by atoms with Crippen molar-refractivity contribution in [2.45, 2.75) is 6.04 Å². The summed E-state index contributed by atoms with van der Waals surface area (Å²) in [6.45, 7) is 0.458. The fourth-order valence-electron chi connectivity index (χ4n) is 2.12. The molecule has 0 aliphatic heterocycles. The van der Waals surface area contributed by atoms with E-state index >= 15 is 0 Å². The molecule has 0 saturated carbocycles. The molecule has 6 heteroatoms. The molecule has 1 atom stereocenters. The van der Waals surface area contributed by atoms with Crippen molar-refractivity contribution in [1.29, 1.82) is 0 Å². The Balaban J connectivity index is 2.04. The van der Waals surface area contributed by atoms with Crippen LogP contribution in [0.3, 0.4) is 0 Å². The van der Waals surface area contributed by atoms with E-state index in [1.54, 1.807) is 17.4 Å². The minimum atomic E-state index is -0.544. The zero-order valence-corrected chi connectivity index (χ0v) is 13.6. The number of ether oxygens (including phenoxy) is 1. The van der Waals surface area contributed by atoms with Gasteiger partial charge in [-0.15, -0.1) is 11.3 Å². The monoisotopic (exact) mass is 322 g/mol. The maximum atomic E-state index is 13.6. The van der Waals surface area contributed by atoms with Gasteiger partial charge in [0.15, 0.2) is 11.6 Å². The molecule has 1 heterocycles. The fourth-order valence-corrected chi connectivity index (χ4v) is 3.04. The lowest BCUT2D eigenvalue weighted by Gasteiger charge is -2.23. The molecule has 1 aromatic carbocycles. The number of halogens is 1. The molecule has 0 spiro atoms. The van der Waals surface area contributed by atoms with E-state index in [1.807, 2.05) is 36.5 Å². The van der Waals surface area contributed by atoms with Crippen LogP contribution >= 0.6 is 11.3 Å². The molecule has 1 amide bonds. The highest BCUT2D eigenvalue weighted by atomic mass is 32.1. The molecule has 2 rings (SSSR count). The third-order valence-corrected chi connectivity index (χ3v) is 4.34. The maximum Gasteiger partial charge on any atom is 0.251 e. The minimum absolute atomic E-state index is 0.0899. The summed E-state index contributed by atoms with van der Waals surface area (Å²) in [6, 6.07) is 8.29. The summed E-state index contributed by atoms with van der Waals surface area (Å²) in [5.41, 5.74) is 0.280. The molecule has 0 saturated heterocycles. The Morgan fingerprint density at radius 3 is 2.73 bits per heavy atom. The molecular weight excluding hydrogens is 303 g/mol. The molecule has 22 heavy (non-hydrogen) atoms. The molecular formula is C16H19FN2O2S. The predicted molar refractivity (Wildman–Crippen MR) is 86.0 cm³/mol. The highest BCUT2D eigenvalue weighted by Crippen LogP contribution is 2.22. The lowest BCUT2D eigenvalue weighted by molar-refractivity contribution is 0.0941. The van der Waals surface area contributed by atoms with Gasteiger partial charge in [0, 0.05) is 17.0 Å². The van der Waals surface area contributed by atoms with Crippen LogP contribution in [0.5, 0.6) is 5.75 Å². The summed E-state index contributed by atoms with van der Waals surface area (Å²) in [5.74, 6) is -0.719. The third-order valence-electron chi connectivity index (χ3n) is 3.36. The van der Waals surface area contributed by atoms with Gasteiger partial charge in [-0.1, -0.05) is 6.07 Å². The first-order chi connectivity index (χ1) is 10.5. The lowest BCUT2D eigenvalue weighted by atomic mass is 10.1. The van der Waals surface area contributed by atoms with E-state index in [0.29, 0.717) is 6.54 Å². The van der Waals surface area contributed by atoms with E-state index < -0.39 is 5.82 Å². The minimum Gasteiger partial charge on any atom is -0.494 e. The lowest BCUT2D eigenvalue weighted by Crippen LogP contribution is -2.34. The first kappa shape index (κ1) is 16.5. The van der Waals surface area contributed by atoms with Crippen molar-refractivity contribution in [2.75, 3.05) is 27.7 Å². The van der Waals surface area contributed by atoms with E-state index in [4.69, 9.17) is 4.74 Å². The van der Waals surface area contributed by atoms with Crippen molar-refractivity contribution >= 4 is 17.2 Å². The molecule has 118 valence electrons. The number of nitrogens with one attached hydrogen (secondary N) is 1. The van der Waals surface area contributed by atoms with Crippen molar-refractivity contribution in [3.8, 4) is 5.75 Å². The largest absolute Gasteiger partial charge is 0.494 e. The van der Waals surface area contributed by atoms with Crippen LogP contribution in [0, 0.1) is 5.82 Å². The van der Waals surface area contributed by atoms with Gasteiger partial charge in [-0.25, -0.2) is 4.39 Å². The van der Waals surface area contributed by atoms with Crippen LogP contribution in [0.15, 0.2) is 35.7 Å². The van der Waals surface area contributed by atoms with E-state index in [-0.39, 0.29) is 23.3 Å². The topological polar surface area (TPSA) is 41.6 Å². The normalized spacial score (nSPS) is 12.2. The summed E-state index contributed by atoms with van der Waals surface area (Å²) < 4.78 is 18.5. The Morgan fingerprint density at radius 1 is 1.41 bits per heavy atom. The number of rotatable bonds is 6. The Bertz CT molecular complexity index is 629. The van der Waals surface area contributed by atoms with Gasteiger partial charge in [-0.05, 0) is 43.7 Å². The molecule has 0 bridgehead atoms. The van der Waals surface area contributed by atoms with Crippen LogP contribution in [0.2, 0.25) is 0 Å². The van der Waals surface area contributed by atoms with Crippen molar-refractivity contribution in [3.05, 3.63) is 52.0 Å². The average molecular weight is 322 g/mol. The van der Waals surface area contributed by atoms with Crippen LogP contribution in [0.25, 0.3) is 0 Å². The number of amides is 1. The smallest absolute Gasteiger partial charge is 0.251 e. The molecule has 0 fully saturated rings. The zero-order valence-electron chi connectivity index (χ0n) is 12.8. The fraction of sp³-hybridized carbons (Fsp3) is 0.312. The summed E-state index contributed by atoms with van der Waals surface area (Å²) in [4.78, 5) is 15.4. The molecule has 1 N–H and O–H groups in total. The van der Waals surface area contributed by atoms with Gasteiger partial charge in [0.25, 0.3) is 5.91 Å². The maximum absolute atomic E-state index is 13.6. The van der Waals surface area contributed by atoms with Gasteiger partial charge in [-0.2, -0.15) is 0 Å². The second-order valence-corrected chi connectivity index (χ2v) is 6.03. The number of benzene rings is 1. The highest BCUT2D eigenvalue weighted by Gasteiger charge is 2.17. The Labute approximate surface area is 133 Å². The number of methoxy groups -OCH3 is 1. The van der Waals surface area contributed by atoms with Gasteiger partial charge in [-0.3, -0.25) is 4.79 Å². The van der Waals surface area contributed by atoms with Crippen molar-refractivity contribution in [2.24, 2.45) is 0 Å². The second kappa shape index (κ2) is 7.38. The third kappa shape index (κ3) is 3.84. The van der Waals surface area contributed by atoms with Crippen LogP contribution in [-0.2, 0) is 0 Å². The van der Waals surface area contributed by atoms with Gasteiger partial charge in [0.05, 0.1) is 13.2 Å². The van der Waals surface area contributed by atoms with E-state index in [0.717, 1.165) is 0 Å². The van der Waals surface area contributed by atoms with Crippen LogP contribution in [-0.4, -0.2) is 38.6 Å². The number of likely N-dealkylation sites (N-methyl/N-ethyl adjacent to an activating group) is 1. The summed E-state index contributed by atoms with van der Waals surface area (Å²) >= 11 is 1.64. The van der Waals surface area contributed by atoms with Crippen LogP contribution in [0.1, 0.15) is 21.3 Å². The first-order valence-electron chi connectivity index (χ1n) is 6.84. The molecule has 0 unspecified atom stereocenters. The number of carbonyl (C=O) groups excluding carboxylic acids is 1. The summed E-state index contributed by atoms with van der Waals surface area (Å²) in [5, 5.41) is 4.86. The van der Waals surface area contributed by atoms with Crippen molar-refractivity contribution in [1.82, 2.24) is 10.2 Å². The number of hydrogen-bond donors (Lipinski definition) is 1. The molecule has 1 aromatic heterocycles. The van der Waals surface area contributed by atoms with Gasteiger partial charge in [0.2, 0.25) is 0 Å². The molecule has 0 aliphatic rings. The molecule has 0 aliphatic carbocycles.